The molecule has 2 aromatic heterocycles. The standard InChI is InChI=1S/C21H22N4O4/c1-27-14-9-7-13(8-10-14)18-17-19(24-23-18)21(26)25(12-16(28-2)29-3)20(17)15-6-4-5-11-22-15/h4-11,16,20H,12H2,1-3H3,(H,23,24). The van der Waals surface area contributed by atoms with E-state index in [1.165, 1.54) is 0 Å². The number of carbonyl (C=O) groups is 1. The molecule has 1 N–H and O–H groups in total. The molecule has 1 atom stereocenters. The molecule has 0 fully saturated rings. The first-order valence-electron chi connectivity index (χ1n) is 9.18. The highest BCUT2D eigenvalue weighted by Gasteiger charge is 2.43. The van der Waals surface area contributed by atoms with E-state index in [1.54, 1.807) is 32.4 Å². The molecular formula is C21H22N4O4. The molecule has 1 amide bonds. The van der Waals surface area contributed by atoms with Gasteiger partial charge in [0.15, 0.2) is 6.29 Å². The van der Waals surface area contributed by atoms with E-state index in [4.69, 9.17) is 14.2 Å². The Morgan fingerprint density at radius 1 is 1.10 bits per heavy atom. The first-order chi connectivity index (χ1) is 14.2. The molecule has 0 radical (unpaired) electrons. The van der Waals surface area contributed by atoms with Crippen molar-refractivity contribution in [2.45, 2.75) is 12.3 Å². The fourth-order valence-electron chi connectivity index (χ4n) is 3.61. The van der Waals surface area contributed by atoms with Crippen LogP contribution in [0.4, 0.5) is 0 Å². The number of nitrogens with one attached hydrogen (secondary N) is 1. The monoisotopic (exact) mass is 394 g/mol. The summed E-state index contributed by atoms with van der Waals surface area (Å²) in [6.45, 7) is 0.262. The van der Waals surface area contributed by atoms with Gasteiger partial charge in [-0.05, 0) is 36.4 Å². The molecule has 1 unspecified atom stereocenters. The first-order valence-corrected chi connectivity index (χ1v) is 9.18. The molecule has 0 saturated carbocycles. The van der Waals surface area contributed by atoms with Crippen LogP contribution in [0.25, 0.3) is 11.3 Å². The molecule has 150 valence electrons. The van der Waals surface area contributed by atoms with Gasteiger partial charge in [-0.25, -0.2) is 0 Å². The quantitative estimate of drug-likeness (QED) is 0.620. The van der Waals surface area contributed by atoms with Gasteiger partial charge in [0.1, 0.15) is 17.5 Å². The zero-order valence-electron chi connectivity index (χ0n) is 16.5. The first kappa shape index (κ1) is 19.1. The lowest BCUT2D eigenvalue weighted by Gasteiger charge is -2.28. The Labute approximate surface area is 168 Å². The molecule has 0 spiro atoms. The minimum Gasteiger partial charge on any atom is -0.497 e. The van der Waals surface area contributed by atoms with Gasteiger partial charge < -0.3 is 19.1 Å². The number of aromatic nitrogens is 3. The summed E-state index contributed by atoms with van der Waals surface area (Å²) in [5.41, 5.74) is 3.60. The number of hydrogen-bond acceptors (Lipinski definition) is 6. The maximum atomic E-state index is 13.2. The van der Waals surface area contributed by atoms with Crippen LogP contribution in [0.3, 0.4) is 0 Å². The zero-order chi connectivity index (χ0) is 20.4. The summed E-state index contributed by atoms with van der Waals surface area (Å²) in [5.74, 6) is 0.588. The van der Waals surface area contributed by atoms with Crippen molar-refractivity contribution in [1.82, 2.24) is 20.1 Å². The van der Waals surface area contributed by atoms with Crippen LogP contribution >= 0.6 is 0 Å². The number of carbonyl (C=O) groups excluding carboxylic acids is 1. The van der Waals surface area contributed by atoms with E-state index in [-0.39, 0.29) is 12.5 Å². The Hall–Kier alpha value is -3.23. The zero-order valence-corrected chi connectivity index (χ0v) is 16.5. The number of benzene rings is 1. The molecule has 0 bridgehead atoms. The predicted molar refractivity (Wildman–Crippen MR) is 105 cm³/mol. The van der Waals surface area contributed by atoms with E-state index in [0.717, 1.165) is 22.6 Å². The highest BCUT2D eigenvalue weighted by molar-refractivity contribution is 6.00. The van der Waals surface area contributed by atoms with Gasteiger partial charge in [0.05, 0.1) is 25.0 Å². The van der Waals surface area contributed by atoms with E-state index in [2.05, 4.69) is 15.2 Å². The molecular weight excluding hydrogens is 372 g/mol. The van der Waals surface area contributed by atoms with Crippen LogP contribution in [-0.2, 0) is 9.47 Å². The van der Waals surface area contributed by atoms with E-state index in [0.29, 0.717) is 11.4 Å². The number of fused-ring (bicyclic) bond motifs is 1. The number of pyridine rings is 1. The Morgan fingerprint density at radius 3 is 2.48 bits per heavy atom. The molecule has 1 aliphatic heterocycles. The third kappa shape index (κ3) is 3.37. The summed E-state index contributed by atoms with van der Waals surface area (Å²) in [4.78, 5) is 19.4. The third-order valence-electron chi connectivity index (χ3n) is 5.07. The van der Waals surface area contributed by atoms with Crippen LogP contribution in [0.1, 0.15) is 27.8 Å². The smallest absolute Gasteiger partial charge is 0.273 e. The summed E-state index contributed by atoms with van der Waals surface area (Å²) in [6, 6.07) is 12.8. The van der Waals surface area contributed by atoms with Crippen molar-refractivity contribution in [2.24, 2.45) is 0 Å². The fourth-order valence-corrected chi connectivity index (χ4v) is 3.61. The van der Waals surface area contributed by atoms with Crippen molar-refractivity contribution in [3.8, 4) is 17.0 Å². The second kappa shape index (κ2) is 8.02. The van der Waals surface area contributed by atoms with Crippen LogP contribution in [0.2, 0.25) is 0 Å². The van der Waals surface area contributed by atoms with Crippen molar-refractivity contribution in [1.29, 1.82) is 0 Å². The normalized spacial score (nSPS) is 15.8. The summed E-state index contributed by atoms with van der Waals surface area (Å²) in [5, 5.41) is 7.36. The molecule has 8 nitrogen and oxygen atoms in total. The Balaban J connectivity index is 1.81. The van der Waals surface area contributed by atoms with Crippen molar-refractivity contribution in [3.63, 3.8) is 0 Å². The number of nitrogens with zero attached hydrogens (tertiary/aromatic N) is 3. The van der Waals surface area contributed by atoms with Crippen LogP contribution < -0.4 is 4.74 Å². The molecule has 0 saturated heterocycles. The van der Waals surface area contributed by atoms with Gasteiger partial charge in [-0.3, -0.25) is 14.9 Å². The number of hydrogen-bond donors (Lipinski definition) is 1. The largest absolute Gasteiger partial charge is 0.497 e. The van der Waals surface area contributed by atoms with Crippen molar-refractivity contribution in [3.05, 3.63) is 65.6 Å². The Kier molecular flexibility index (Phi) is 5.28. The van der Waals surface area contributed by atoms with Gasteiger partial charge in [-0.2, -0.15) is 5.10 Å². The van der Waals surface area contributed by atoms with Crippen molar-refractivity contribution < 1.29 is 19.0 Å². The summed E-state index contributed by atoms with van der Waals surface area (Å²) in [6.07, 6.45) is 1.17. The van der Waals surface area contributed by atoms with Gasteiger partial charge in [0.25, 0.3) is 5.91 Å². The molecule has 1 aliphatic rings. The molecule has 3 heterocycles. The molecule has 4 rings (SSSR count). The molecule has 0 aliphatic carbocycles. The molecule has 3 aromatic rings. The van der Waals surface area contributed by atoms with E-state index in [9.17, 15) is 4.79 Å². The number of aromatic amines is 1. The predicted octanol–water partition coefficient (Wildman–Crippen LogP) is 2.64. The van der Waals surface area contributed by atoms with Crippen LogP contribution in [0, 0.1) is 0 Å². The fraction of sp³-hybridized carbons (Fsp3) is 0.286. The molecule has 8 heteroatoms. The number of amides is 1. The second-order valence-electron chi connectivity index (χ2n) is 6.61. The SMILES string of the molecule is COc1ccc(-c2n[nH]c3c2C(c2ccccn2)N(CC(OC)OC)C3=O)cc1. The van der Waals surface area contributed by atoms with Crippen LogP contribution in [0.5, 0.6) is 5.75 Å². The average Bonchev–Trinajstić information content (AvgIpc) is 3.31. The lowest BCUT2D eigenvalue weighted by atomic mass is 9.99. The summed E-state index contributed by atoms with van der Waals surface area (Å²) in [7, 11) is 4.72. The third-order valence-corrected chi connectivity index (χ3v) is 5.07. The van der Waals surface area contributed by atoms with Gasteiger partial charge in [0, 0.05) is 31.5 Å². The molecule has 29 heavy (non-hydrogen) atoms. The van der Waals surface area contributed by atoms with Crippen LogP contribution in [0.15, 0.2) is 48.7 Å². The van der Waals surface area contributed by atoms with E-state index >= 15 is 0 Å². The van der Waals surface area contributed by atoms with Crippen molar-refractivity contribution >= 4 is 5.91 Å². The number of methoxy groups -OCH3 is 3. The second-order valence-corrected chi connectivity index (χ2v) is 6.61. The van der Waals surface area contributed by atoms with Gasteiger partial charge in [0.2, 0.25) is 0 Å². The van der Waals surface area contributed by atoms with E-state index in [1.807, 2.05) is 42.5 Å². The highest BCUT2D eigenvalue weighted by Crippen LogP contribution is 2.42. The number of H-pyrrole nitrogens is 1. The highest BCUT2D eigenvalue weighted by atomic mass is 16.7. The minimum absolute atomic E-state index is 0.165. The average molecular weight is 394 g/mol. The lowest BCUT2D eigenvalue weighted by molar-refractivity contribution is -0.113. The minimum atomic E-state index is -0.549. The summed E-state index contributed by atoms with van der Waals surface area (Å²) >= 11 is 0. The lowest BCUT2D eigenvalue weighted by Crippen LogP contribution is -2.38. The van der Waals surface area contributed by atoms with Gasteiger partial charge in [-0.1, -0.05) is 6.07 Å². The maximum absolute atomic E-state index is 13.2. The van der Waals surface area contributed by atoms with Crippen LogP contribution in [-0.4, -0.2) is 60.2 Å². The maximum Gasteiger partial charge on any atom is 0.273 e. The molecule has 1 aromatic carbocycles. The van der Waals surface area contributed by atoms with Gasteiger partial charge >= 0.3 is 0 Å². The Bertz CT molecular complexity index is 984. The van der Waals surface area contributed by atoms with Crippen molar-refractivity contribution in [2.75, 3.05) is 27.9 Å². The number of ether oxygens (including phenoxy) is 3. The van der Waals surface area contributed by atoms with Gasteiger partial charge in [-0.15, -0.1) is 0 Å². The number of rotatable bonds is 7. The Morgan fingerprint density at radius 2 is 1.86 bits per heavy atom. The van der Waals surface area contributed by atoms with E-state index < -0.39 is 12.3 Å². The summed E-state index contributed by atoms with van der Waals surface area (Å²) < 4.78 is 15.9. The topological polar surface area (TPSA) is 89.6 Å².